The predicted octanol–water partition coefficient (Wildman–Crippen LogP) is 1.32. The van der Waals surface area contributed by atoms with Crippen LogP contribution in [0.1, 0.15) is 19.5 Å². The van der Waals surface area contributed by atoms with Crippen molar-refractivity contribution in [1.29, 1.82) is 0 Å². The van der Waals surface area contributed by atoms with Crippen LogP contribution in [0, 0.1) is 0 Å². The van der Waals surface area contributed by atoms with E-state index in [-0.39, 0.29) is 0 Å². The first-order valence-electron chi connectivity index (χ1n) is 6.15. The molecule has 0 aliphatic carbocycles. The van der Waals surface area contributed by atoms with Crippen molar-refractivity contribution in [2.45, 2.75) is 25.1 Å². The summed E-state index contributed by atoms with van der Waals surface area (Å²) in [4.78, 5) is 5.22. The molecule has 2 aromatic rings. The monoisotopic (exact) mass is 317 g/mol. The van der Waals surface area contributed by atoms with Crippen LogP contribution in [0.15, 0.2) is 11.6 Å². The van der Waals surface area contributed by atoms with E-state index in [1.807, 2.05) is 16.0 Å². The molecule has 0 fully saturated rings. The molecule has 0 aliphatic heterocycles. The van der Waals surface area contributed by atoms with Gasteiger partial charge in [-0.05, 0) is 13.8 Å². The number of ether oxygens (including phenoxy) is 1. The Morgan fingerprint density at radius 3 is 2.80 bits per heavy atom. The third kappa shape index (κ3) is 2.82. The maximum Gasteiger partial charge on any atom is 0.237 e. The average Bonchev–Trinajstić information content (AvgIpc) is 2.89. The number of sulfone groups is 1. The summed E-state index contributed by atoms with van der Waals surface area (Å²) in [6.07, 6.45) is 3.18. The van der Waals surface area contributed by atoms with Crippen molar-refractivity contribution in [2.75, 3.05) is 19.9 Å². The lowest BCUT2D eigenvalue weighted by Crippen LogP contribution is -2.41. The van der Waals surface area contributed by atoms with E-state index in [1.54, 1.807) is 21.0 Å². The van der Waals surface area contributed by atoms with Crippen molar-refractivity contribution in [3.8, 4) is 5.88 Å². The van der Waals surface area contributed by atoms with E-state index in [2.05, 4.69) is 10.3 Å². The maximum absolute atomic E-state index is 11.7. The highest BCUT2D eigenvalue weighted by atomic mass is 32.2. The Balaban J connectivity index is 2.12. The highest BCUT2D eigenvalue weighted by Gasteiger charge is 2.29. The number of rotatable bonds is 6. The van der Waals surface area contributed by atoms with E-state index in [0.29, 0.717) is 19.0 Å². The van der Waals surface area contributed by atoms with Crippen LogP contribution in [-0.4, -0.2) is 42.5 Å². The number of fused-ring (bicyclic) bond motifs is 1. The fourth-order valence-electron chi connectivity index (χ4n) is 1.75. The fraction of sp³-hybridized carbons (Fsp3) is 0.583. The summed E-state index contributed by atoms with van der Waals surface area (Å²) in [6, 6.07) is 0. The molecule has 0 saturated carbocycles. The number of nitrogens with zero attached hydrogens (tertiary/aromatic N) is 2. The number of hydrogen-bond donors (Lipinski definition) is 1. The van der Waals surface area contributed by atoms with Crippen LogP contribution in [0.2, 0.25) is 0 Å². The van der Waals surface area contributed by atoms with Crippen molar-refractivity contribution >= 4 is 26.1 Å². The summed E-state index contributed by atoms with van der Waals surface area (Å²) in [5.41, 5.74) is 0.896. The van der Waals surface area contributed by atoms with Crippen LogP contribution in [0.25, 0.3) is 4.96 Å². The van der Waals surface area contributed by atoms with Crippen molar-refractivity contribution < 1.29 is 13.2 Å². The number of aromatic nitrogens is 2. The summed E-state index contributed by atoms with van der Waals surface area (Å²) >= 11 is 1.53. The molecule has 6 nitrogen and oxygen atoms in total. The van der Waals surface area contributed by atoms with E-state index < -0.39 is 14.6 Å². The van der Waals surface area contributed by atoms with E-state index in [4.69, 9.17) is 4.74 Å². The van der Waals surface area contributed by atoms with Gasteiger partial charge in [-0.2, -0.15) is 4.98 Å². The van der Waals surface area contributed by atoms with E-state index in [9.17, 15) is 8.42 Å². The minimum atomic E-state index is -3.10. The van der Waals surface area contributed by atoms with Crippen LogP contribution in [0.5, 0.6) is 5.88 Å². The van der Waals surface area contributed by atoms with Crippen LogP contribution in [0.3, 0.4) is 0 Å². The molecular weight excluding hydrogens is 298 g/mol. The van der Waals surface area contributed by atoms with Gasteiger partial charge in [0.25, 0.3) is 0 Å². The highest BCUT2D eigenvalue weighted by Crippen LogP contribution is 2.23. The Labute approximate surface area is 122 Å². The Morgan fingerprint density at radius 2 is 2.20 bits per heavy atom. The van der Waals surface area contributed by atoms with E-state index in [1.165, 1.54) is 17.6 Å². The standard InChI is InChI=1S/C12H19N3O3S2/c1-12(2,20(4,16)17)8-13-7-9-10(18-3)14-11-15(9)5-6-19-11/h5-6,13H,7-8H2,1-4H3. The predicted molar refractivity (Wildman–Crippen MR) is 80.3 cm³/mol. The van der Waals surface area contributed by atoms with Gasteiger partial charge in [0.2, 0.25) is 5.88 Å². The van der Waals surface area contributed by atoms with Gasteiger partial charge in [-0.3, -0.25) is 4.40 Å². The van der Waals surface area contributed by atoms with Gasteiger partial charge in [-0.15, -0.1) is 11.3 Å². The van der Waals surface area contributed by atoms with Crippen LogP contribution < -0.4 is 10.1 Å². The molecule has 0 unspecified atom stereocenters. The lowest BCUT2D eigenvalue weighted by molar-refractivity contribution is 0.392. The van der Waals surface area contributed by atoms with Crippen LogP contribution >= 0.6 is 11.3 Å². The summed E-state index contributed by atoms with van der Waals surface area (Å²) in [6.45, 7) is 4.29. The second-order valence-corrected chi connectivity index (χ2v) is 8.78. The molecule has 0 aliphatic rings. The molecule has 0 aromatic carbocycles. The minimum absolute atomic E-state index is 0.367. The zero-order valence-corrected chi connectivity index (χ0v) is 13.6. The van der Waals surface area contributed by atoms with Gasteiger partial charge < -0.3 is 10.1 Å². The highest BCUT2D eigenvalue weighted by molar-refractivity contribution is 7.92. The SMILES string of the molecule is COc1nc2sccn2c1CNCC(C)(C)S(C)(=O)=O. The van der Waals surface area contributed by atoms with Gasteiger partial charge in [0.15, 0.2) is 14.8 Å². The third-order valence-electron chi connectivity index (χ3n) is 3.36. The summed E-state index contributed by atoms with van der Waals surface area (Å²) in [7, 11) is -1.53. The summed E-state index contributed by atoms with van der Waals surface area (Å²) in [5.74, 6) is 0.571. The molecule has 8 heteroatoms. The Morgan fingerprint density at radius 1 is 1.50 bits per heavy atom. The van der Waals surface area contributed by atoms with Gasteiger partial charge in [-0.25, -0.2) is 8.42 Å². The molecule has 0 atom stereocenters. The van der Waals surface area contributed by atoms with Crippen molar-refractivity contribution in [2.24, 2.45) is 0 Å². The molecule has 20 heavy (non-hydrogen) atoms. The van der Waals surface area contributed by atoms with Crippen molar-refractivity contribution in [3.05, 3.63) is 17.3 Å². The molecule has 0 spiro atoms. The number of hydrogen-bond acceptors (Lipinski definition) is 6. The molecule has 0 saturated heterocycles. The fourth-order valence-corrected chi connectivity index (χ4v) is 2.84. The first-order valence-corrected chi connectivity index (χ1v) is 8.92. The molecule has 2 aromatic heterocycles. The lowest BCUT2D eigenvalue weighted by Gasteiger charge is -2.22. The molecular formula is C12H19N3O3S2. The van der Waals surface area contributed by atoms with Gasteiger partial charge in [0.05, 0.1) is 11.9 Å². The molecule has 2 heterocycles. The van der Waals surface area contributed by atoms with Gasteiger partial charge in [0, 0.05) is 30.9 Å². The average molecular weight is 317 g/mol. The summed E-state index contributed by atoms with van der Waals surface area (Å²) < 4.78 is 29.7. The van der Waals surface area contributed by atoms with Gasteiger partial charge in [0.1, 0.15) is 5.69 Å². The topological polar surface area (TPSA) is 72.7 Å². The number of methoxy groups -OCH3 is 1. The number of nitrogens with one attached hydrogen (secondary N) is 1. The van der Waals surface area contributed by atoms with Crippen molar-refractivity contribution in [1.82, 2.24) is 14.7 Å². The molecule has 112 valence electrons. The molecule has 0 radical (unpaired) electrons. The largest absolute Gasteiger partial charge is 0.480 e. The zero-order chi connectivity index (χ0) is 15.0. The first-order chi connectivity index (χ1) is 9.26. The lowest BCUT2D eigenvalue weighted by atomic mass is 10.2. The van der Waals surface area contributed by atoms with Crippen LogP contribution in [0.4, 0.5) is 0 Å². The minimum Gasteiger partial charge on any atom is -0.480 e. The third-order valence-corrected chi connectivity index (χ3v) is 6.27. The Bertz CT molecular complexity index is 701. The second-order valence-electron chi connectivity index (χ2n) is 5.26. The molecule has 1 N–H and O–H groups in total. The normalized spacial score (nSPS) is 13.0. The van der Waals surface area contributed by atoms with Crippen molar-refractivity contribution in [3.63, 3.8) is 0 Å². The zero-order valence-electron chi connectivity index (χ0n) is 12.0. The maximum atomic E-state index is 11.7. The second kappa shape index (κ2) is 5.34. The van der Waals surface area contributed by atoms with Crippen LogP contribution in [-0.2, 0) is 16.4 Å². The van der Waals surface area contributed by atoms with E-state index in [0.717, 1.165) is 10.7 Å². The summed E-state index contributed by atoms with van der Waals surface area (Å²) in [5, 5.41) is 5.13. The first kappa shape index (κ1) is 15.3. The number of thiazole rings is 1. The smallest absolute Gasteiger partial charge is 0.237 e. The molecule has 2 rings (SSSR count). The van der Waals surface area contributed by atoms with Gasteiger partial charge >= 0.3 is 0 Å². The quantitative estimate of drug-likeness (QED) is 0.870. The van der Waals surface area contributed by atoms with E-state index >= 15 is 0 Å². The molecule has 0 bridgehead atoms. The Kier molecular flexibility index (Phi) is 4.08. The molecule has 0 amide bonds. The Hall–Kier alpha value is -1.12. The van der Waals surface area contributed by atoms with Gasteiger partial charge in [-0.1, -0.05) is 0 Å². The number of imidazole rings is 1.